The second-order valence-corrected chi connectivity index (χ2v) is 4.88. The Bertz CT molecular complexity index is 376. The van der Waals surface area contributed by atoms with Gasteiger partial charge in [-0.05, 0) is 38.0 Å². The molecule has 0 radical (unpaired) electrons. The minimum Gasteiger partial charge on any atom is -0.494 e. The predicted octanol–water partition coefficient (Wildman–Crippen LogP) is 3.28. The maximum absolute atomic E-state index is 11.7. The molecular formula is C14H20ClNO2. The van der Waals surface area contributed by atoms with Crippen LogP contribution in [0.4, 0.5) is 0 Å². The third-order valence-corrected chi connectivity index (χ3v) is 2.76. The van der Waals surface area contributed by atoms with Gasteiger partial charge in [0.15, 0.2) is 0 Å². The van der Waals surface area contributed by atoms with E-state index in [2.05, 4.69) is 12.2 Å². The van der Waals surface area contributed by atoms with Gasteiger partial charge in [-0.15, -0.1) is 11.6 Å². The Kier molecular flexibility index (Phi) is 5.99. The summed E-state index contributed by atoms with van der Waals surface area (Å²) in [7, 11) is 0. The molecule has 0 bridgehead atoms. The highest BCUT2D eigenvalue weighted by atomic mass is 35.5. The standard InChI is InChI=1S/C14H20ClNO2/c1-4-9-18-12-7-5-11(6-8-12)13(15)14(17)16-10(2)3/h5-8,10,13H,4,9H2,1-3H3,(H,16,17). The van der Waals surface area contributed by atoms with Gasteiger partial charge in [-0.25, -0.2) is 0 Å². The fourth-order valence-corrected chi connectivity index (χ4v) is 1.67. The zero-order valence-electron chi connectivity index (χ0n) is 11.1. The van der Waals surface area contributed by atoms with Crippen molar-refractivity contribution in [1.82, 2.24) is 5.32 Å². The molecule has 3 nitrogen and oxygen atoms in total. The van der Waals surface area contributed by atoms with Crippen LogP contribution in [-0.4, -0.2) is 18.6 Å². The van der Waals surface area contributed by atoms with Crippen molar-refractivity contribution in [1.29, 1.82) is 0 Å². The van der Waals surface area contributed by atoms with Gasteiger partial charge in [-0.1, -0.05) is 19.1 Å². The maximum Gasteiger partial charge on any atom is 0.242 e. The molecule has 100 valence electrons. The van der Waals surface area contributed by atoms with Crippen molar-refractivity contribution in [3.8, 4) is 5.75 Å². The largest absolute Gasteiger partial charge is 0.494 e. The summed E-state index contributed by atoms with van der Waals surface area (Å²) in [5.41, 5.74) is 0.777. The van der Waals surface area contributed by atoms with Gasteiger partial charge in [0.1, 0.15) is 11.1 Å². The van der Waals surface area contributed by atoms with E-state index in [1.807, 2.05) is 38.1 Å². The fraction of sp³-hybridized carbons (Fsp3) is 0.500. The Morgan fingerprint density at radius 2 is 1.94 bits per heavy atom. The minimum atomic E-state index is -0.660. The van der Waals surface area contributed by atoms with Crippen molar-refractivity contribution >= 4 is 17.5 Å². The topological polar surface area (TPSA) is 38.3 Å². The molecule has 0 aliphatic heterocycles. The molecule has 0 aliphatic rings. The second kappa shape index (κ2) is 7.27. The summed E-state index contributed by atoms with van der Waals surface area (Å²) in [6.45, 7) is 6.56. The van der Waals surface area contributed by atoms with E-state index in [1.54, 1.807) is 0 Å². The number of amides is 1. The third kappa shape index (κ3) is 4.57. The van der Waals surface area contributed by atoms with Crippen molar-refractivity contribution in [2.75, 3.05) is 6.61 Å². The summed E-state index contributed by atoms with van der Waals surface area (Å²) in [6.07, 6.45) is 0.969. The highest BCUT2D eigenvalue weighted by molar-refractivity contribution is 6.30. The number of benzene rings is 1. The molecule has 1 N–H and O–H groups in total. The van der Waals surface area contributed by atoms with Crippen LogP contribution in [0.3, 0.4) is 0 Å². The number of alkyl halides is 1. The molecule has 18 heavy (non-hydrogen) atoms. The van der Waals surface area contributed by atoms with E-state index in [0.29, 0.717) is 6.61 Å². The van der Waals surface area contributed by atoms with Gasteiger partial charge in [0.25, 0.3) is 0 Å². The Morgan fingerprint density at radius 1 is 1.33 bits per heavy atom. The first-order chi connectivity index (χ1) is 8.54. The molecule has 0 spiro atoms. The first-order valence-corrected chi connectivity index (χ1v) is 6.65. The Morgan fingerprint density at radius 3 is 2.44 bits per heavy atom. The van der Waals surface area contributed by atoms with E-state index >= 15 is 0 Å². The average molecular weight is 270 g/mol. The van der Waals surface area contributed by atoms with Crippen LogP contribution in [0, 0.1) is 0 Å². The lowest BCUT2D eigenvalue weighted by Gasteiger charge is -2.13. The van der Waals surface area contributed by atoms with Gasteiger partial charge in [0, 0.05) is 6.04 Å². The highest BCUT2D eigenvalue weighted by Crippen LogP contribution is 2.23. The molecule has 1 atom stereocenters. The highest BCUT2D eigenvalue weighted by Gasteiger charge is 2.17. The number of rotatable bonds is 6. The van der Waals surface area contributed by atoms with Crippen molar-refractivity contribution < 1.29 is 9.53 Å². The average Bonchev–Trinajstić information content (AvgIpc) is 2.35. The molecule has 0 fully saturated rings. The summed E-state index contributed by atoms with van der Waals surface area (Å²) in [5, 5.41) is 2.13. The molecule has 1 rings (SSSR count). The van der Waals surface area contributed by atoms with Crippen LogP contribution >= 0.6 is 11.6 Å². The Hall–Kier alpha value is -1.22. The van der Waals surface area contributed by atoms with Crippen molar-refractivity contribution in [3.05, 3.63) is 29.8 Å². The molecule has 0 saturated heterocycles. The first-order valence-electron chi connectivity index (χ1n) is 6.21. The maximum atomic E-state index is 11.7. The summed E-state index contributed by atoms with van der Waals surface area (Å²) in [6, 6.07) is 7.41. The first kappa shape index (κ1) is 14.8. The molecule has 1 amide bonds. The van der Waals surface area contributed by atoms with Crippen LogP contribution in [0.5, 0.6) is 5.75 Å². The van der Waals surface area contributed by atoms with Crippen molar-refractivity contribution in [3.63, 3.8) is 0 Å². The molecule has 1 aromatic carbocycles. The van der Waals surface area contributed by atoms with Crippen LogP contribution < -0.4 is 10.1 Å². The van der Waals surface area contributed by atoms with Gasteiger partial charge >= 0.3 is 0 Å². The molecule has 1 aromatic rings. The smallest absolute Gasteiger partial charge is 0.242 e. The Balaban J connectivity index is 2.63. The molecule has 0 aliphatic carbocycles. The van der Waals surface area contributed by atoms with E-state index in [4.69, 9.17) is 16.3 Å². The lowest BCUT2D eigenvalue weighted by molar-refractivity contribution is -0.121. The molecule has 4 heteroatoms. The summed E-state index contributed by atoms with van der Waals surface area (Å²) in [5.74, 6) is 0.627. The summed E-state index contributed by atoms with van der Waals surface area (Å²) < 4.78 is 5.47. The van der Waals surface area contributed by atoms with Crippen LogP contribution in [0.1, 0.15) is 38.1 Å². The number of halogens is 1. The van der Waals surface area contributed by atoms with E-state index in [9.17, 15) is 4.79 Å². The summed E-state index contributed by atoms with van der Waals surface area (Å²) in [4.78, 5) is 11.7. The number of hydrogen-bond donors (Lipinski definition) is 1. The SMILES string of the molecule is CCCOc1ccc(C(Cl)C(=O)NC(C)C)cc1. The fourth-order valence-electron chi connectivity index (χ4n) is 1.46. The van der Waals surface area contributed by atoms with E-state index < -0.39 is 5.38 Å². The van der Waals surface area contributed by atoms with E-state index in [-0.39, 0.29) is 11.9 Å². The van der Waals surface area contributed by atoms with Gasteiger partial charge < -0.3 is 10.1 Å². The molecule has 0 saturated carbocycles. The van der Waals surface area contributed by atoms with Gasteiger partial charge in [0.05, 0.1) is 6.61 Å². The minimum absolute atomic E-state index is 0.0888. The lowest BCUT2D eigenvalue weighted by atomic mass is 10.1. The van der Waals surface area contributed by atoms with Crippen LogP contribution in [0.15, 0.2) is 24.3 Å². The molecule has 0 heterocycles. The quantitative estimate of drug-likeness (QED) is 0.805. The molecular weight excluding hydrogens is 250 g/mol. The van der Waals surface area contributed by atoms with Crippen LogP contribution in [0.2, 0.25) is 0 Å². The number of hydrogen-bond acceptors (Lipinski definition) is 2. The normalized spacial score (nSPS) is 12.3. The zero-order valence-corrected chi connectivity index (χ0v) is 11.8. The number of carbonyl (C=O) groups is 1. The Labute approximate surface area is 113 Å². The molecule has 1 unspecified atom stereocenters. The van der Waals surface area contributed by atoms with Gasteiger partial charge in [0.2, 0.25) is 5.91 Å². The van der Waals surface area contributed by atoms with Crippen molar-refractivity contribution in [2.24, 2.45) is 0 Å². The monoisotopic (exact) mass is 269 g/mol. The van der Waals surface area contributed by atoms with Crippen molar-refractivity contribution in [2.45, 2.75) is 38.6 Å². The van der Waals surface area contributed by atoms with E-state index in [1.165, 1.54) is 0 Å². The third-order valence-electron chi connectivity index (χ3n) is 2.31. The number of ether oxygens (including phenoxy) is 1. The van der Waals surface area contributed by atoms with Gasteiger partial charge in [-0.3, -0.25) is 4.79 Å². The van der Waals surface area contributed by atoms with Crippen LogP contribution in [-0.2, 0) is 4.79 Å². The predicted molar refractivity (Wildman–Crippen MR) is 74.1 cm³/mol. The summed E-state index contributed by atoms with van der Waals surface area (Å²) >= 11 is 6.10. The van der Waals surface area contributed by atoms with E-state index in [0.717, 1.165) is 17.7 Å². The number of nitrogens with one attached hydrogen (secondary N) is 1. The van der Waals surface area contributed by atoms with Crippen LogP contribution in [0.25, 0.3) is 0 Å². The van der Waals surface area contributed by atoms with Gasteiger partial charge in [-0.2, -0.15) is 0 Å². The lowest BCUT2D eigenvalue weighted by Crippen LogP contribution is -2.32. The number of carbonyl (C=O) groups excluding carboxylic acids is 1. The molecule has 0 aromatic heterocycles. The zero-order chi connectivity index (χ0) is 13.5. The second-order valence-electron chi connectivity index (χ2n) is 4.44.